The Bertz CT molecular complexity index is 797. The van der Waals surface area contributed by atoms with Gasteiger partial charge in [-0.25, -0.2) is 17.5 Å². The van der Waals surface area contributed by atoms with Crippen LogP contribution in [0.3, 0.4) is 0 Å². The minimum atomic E-state index is -3.78. The Kier molecular flexibility index (Phi) is 5.60. The second kappa shape index (κ2) is 7.08. The summed E-state index contributed by atoms with van der Waals surface area (Å²) in [6, 6.07) is 8.71. The van der Waals surface area contributed by atoms with Crippen molar-refractivity contribution in [2.45, 2.75) is 11.4 Å². The molecule has 0 unspecified atom stereocenters. The molecular weight excluding hydrogens is 441 g/mol. The lowest BCUT2D eigenvalue weighted by Crippen LogP contribution is -2.24. The quantitative estimate of drug-likeness (QED) is 0.749. The van der Waals surface area contributed by atoms with Crippen LogP contribution in [0.2, 0.25) is 0 Å². The van der Waals surface area contributed by atoms with E-state index in [0.29, 0.717) is 11.3 Å². The lowest BCUT2D eigenvalue weighted by Gasteiger charge is -2.11. The molecule has 0 aliphatic rings. The van der Waals surface area contributed by atoms with Crippen molar-refractivity contribution in [1.82, 2.24) is 4.72 Å². The highest BCUT2D eigenvalue weighted by Crippen LogP contribution is 2.25. The van der Waals surface area contributed by atoms with E-state index in [1.165, 1.54) is 13.2 Å². The lowest BCUT2D eigenvalue weighted by atomic mass is 10.2. The van der Waals surface area contributed by atoms with Gasteiger partial charge in [-0.05, 0) is 52.3 Å². The van der Waals surface area contributed by atoms with Crippen LogP contribution in [-0.2, 0) is 16.6 Å². The van der Waals surface area contributed by atoms with E-state index in [2.05, 4.69) is 36.6 Å². The topological polar surface area (TPSA) is 55.4 Å². The van der Waals surface area contributed by atoms with Gasteiger partial charge in [0.15, 0.2) is 0 Å². The van der Waals surface area contributed by atoms with Crippen molar-refractivity contribution in [2.75, 3.05) is 7.11 Å². The fraction of sp³-hybridized carbons (Fsp3) is 0.143. The van der Waals surface area contributed by atoms with E-state index >= 15 is 0 Å². The Morgan fingerprint density at radius 3 is 2.55 bits per heavy atom. The molecule has 0 heterocycles. The first-order valence-corrected chi connectivity index (χ1v) is 9.17. The summed E-state index contributed by atoms with van der Waals surface area (Å²) in [4.78, 5) is -0.0251. The third-order valence-corrected chi connectivity index (χ3v) is 5.75. The summed E-state index contributed by atoms with van der Waals surface area (Å²) in [7, 11) is -2.27. The van der Waals surface area contributed by atoms with Crippen molar-refractivity contribution in [1.29, 1.82) is 0 Å². The monoisotopic (exact) mass is 451 g/mol. The molecule has 0 fully saturated rings. The smallest absolute Gasteiger partial charge is 0.241 e. The maximum atomic E-state index is 13.1. The molecule has 118 valence electrons. The van der Waals surface area contributed by atoms with Gasteiger partial charge in [0.2, 0.25) is 10.0 Å². The van der Waals surface area contributed by atoms with Gasteiger partial charge in [-0.3, -0.25) is 0 Å². The number of halogens is 3. The highest BCUT2D eigenvalue weighted by atomic mass is 79.9. The van der Waals surface area contributed by atoms with Crippen molar-refractivity contribution >= 4 is 41.9 Å². The lowest BCUT2D eigenvalue weighted by molar-refractivity contribution is 0.409. The molecule has 0 aliphatic heterocycles. The van der Waals surface area contributed by atoms with Gasteiger partial charge in [-0.15, -0.1) is 0 Å². The van der Waals surface area contributed by atoms with Crippen molar-refractivity contribution in [3.05, 3.63) is 56.7 Å². The van der Waals surface area contributed by atoms with Gasteiger partial charge in [0.25, 0.3) is 0 Å². The van der Waals surface area contributed by atoms with E-state index in [-0.39, 0.29) is 15.9 Å². The first kappa shape index (κ1) is 17.4. The second-order valence-corrected chi connectivity index (χ2v) is 7.86. The number of ether oxygens (including phenoxy) is 1. The first-order chi connectivity index (χ1) is 10.3. The molecular formula is C14H12Br2FNO3S. The Morgan fingerprint density at radius 1 is 1.18 bits per heavy atom. The summed E-state index contributed by atoms with van der Waals surface area (Å²) >= 11 is 6.39. The van der Waals surface area contributed by atoms with Crippen molar-refractivity contribution in [2.24, 2.45) is 0 Å². The Labute approximate surface area is 145 Å². The van der Waals surface area contributed by atoms with E-state index in [9.17, 15) is 12.8 Å². The molecule has 4 nitrogen and oxygen atoms in total. The number of hydrogen-bond acceptors (Lipinski definition) is 3. The van der Waals surface area contributed by atoms with Crippen LogP contribution in [0.5, 0.6) is 5.75 Å². The molecule has 0 radical (unpaired) electrons. The predicted molar refractivity (Wildman–Crippen MR) is 88.8 cm³/mol. The molecule has 22 heavy (non-hydrogen) atoms. The minimum absolute atomic E-state index is 0.0251. The Morgan fingerprint density at radius 2 is 1.91 bits per heavy atom. The summed E-state index contributed by atoms with van der Waals surface area (Å²) in [5, 5.41) is 0. The molecule has 0 saturated heterocycles. The Hall–Kier alpha value is -0.960. The standard InChI is InChI=1S/C14H12Br2FNO3S/c1-21-13-4-2-10(15)6-9(13)8-18-22(19,20)14-5-3-11(17)7-12(14)16/h2-7,18H,8H2,1H3. The van der Waals surface area contributed by atoms with Crippen molar-refractivity contribution in [3.8, 4) is 5.75 Å². The van der Waals surface area contributed by atoms with Crippen LogP contribution in [0.1, 0.15) is 5.56 Å². The molecule has 0 aromatic heterocycles. The number of benzene rings is 2. The largest absolute Gasteiger partial charge is 0.496 e. The van der Waals surface area contributed by atoms with Gasteiger partial charge < -0.3 is 4.74 Å². The number of rotatable bonds is 5. The maximum absolute atomic E-state index is 13.1. The van der Waals surface area contributed by atoms with Crippen LogP contribution in [0.4, 0.5) is 4.39 Å². The van der Waals surface area contributed by atoms with Gasteiger partial charge in [0, 0.05) is 21.1 Å². The van der Waals surface area contributed by atoms with E-state index < -0.39 is 15.8 Å². The summed E-state index contributed by atoms with van der Waals surface area (Å²) in [6.45, 7) is 0.0504. The predicted octanol–water partition coefficient (Wildman–Crippen LogP) is 3.84. The van der Waals surface area contributed by atoms with Crippen molar-refractivity contribution in [3.63, 3.8) is 0 Å². The number of nitrogens with one attached hydrogen (secondary N) is 1. The zero-order chi connectivity index (χ0) is 16.3. The molecule has 8 heteroatoms. The summed E-state index contributed by atoms with van der Waals surface area (Å²) in [6.07, 6.45) is 0. The first-order valence-electron chi connectivity index (χ1n) is 6.10. The van der Waals surface area contributed by atoms with Gasteiger partial charge >= 0.3 is 0 Å². The highest BCUT2D eigenvalue weighted by Gasteiger charge is 2.18. The number of sulfonamides is 1. The third kappa shape index (κ3) is 4.07. The third-order valence-electron chi connectivity index (χ3n) is 2.88. The van der Waals surface area contributed by atoms with E-state index in [4.69, 9.17) is 4.74 Å². The maximum Gasteiger partial charge on any atom is 0.241 e. The summed E-state index contributed by atoms with van der Waals surface area (Å²) < 4.78 is 46.3. The molecule has 0 bridgehead atoms. The fourth-order valence-corrected chi connectivity index (χ4v) is 4.29. The molecule has 0 atom stereocenters. The Balaban J connectivity index is 2.25. The molecule has 0 saturated carbocycles. The number of methoxy groups -OCH3 is 1. The summed E-state index contributed by atoms with van der Waals surface area (Å²) in [5.41, 5.74) is 0.679. The normalized spacial score (nSPS) is 11.5. The summed E-state index contributed by atoms with van der Waals surface area (Å²) in [5.74, 6) is 0.0588. The molecule has 2 rings (SSSR count). The van der Waals surface area contributed by atoms with Gasteiger partial charge in [0.05, 0.1) is 12.0 Å². The van der Waals surface area contributed by atoms with E-state index in [1.807, 2.05) is 0 Å². The van der Waals surface area contributed by atoms with Gasteiger partial charge in [-0.2, -0.15) is 0 Å². The van der Waals surface area contributed by atoms with E-state index in [1.54, 1.807) is 18.2 Å². The molecule has 2 aromatic rings. The average Bonchev–Trinajstić information content (AvgIpc) is 2.45. The molecule has 0 aliphatic carbocycles. The van der Waals surface area contributed by atoms with E-state index in [0.717, 1.165) is 16.6 Å². The van der Waals surface area contributed by atoms with Crippen LogP contribution < -0.4 is 9.46 Å². The number of hydrogen-bond donors (Lipinski definition) is 1. The average molecular weight is 453 g/mol. The van der Waals surface area contributed by atoms with Crippen LogP contribution in [-0.4, -0.2) is 15.5 Å². The molecule has 2 aromatic carbocycles. The van der Waals surface area contributed by atoms with Crippen LogP contribution in [0.15, 0.2) is 50.2 Å². The highest BCUT2D eigenvalue weighted by molar-refractivity contribution is 9.10. The van der Waals surface area contributed by atoms with Crippen LogP contribution in [0, 0.1) is 5.82 Å². The van der Waals surface area contributed by atoms with Crippen molar-refractivity contribution < 1.29 is 17.5 Å². The zero-order valence-corrected chi connectivity index (χ0v) is 15.4. The second-order valence-electron chi connectivity index (χ2n) is 4.36. The van der Waals surface area contributed by atoms with Gasteiger partial charge in [0.1, 0.15) is 11.6 Å². The molecule has 0 amide bonds. The van der Waals surface area contributed by atoms with Crippen LogP contribution in [0.25, 0.3) is 0 Å². The zero-order valence-electron chi connectivity index (χ0n) is 11.4. The fourth-order valence-electron chi connectivity index (χ4n) is 1.83. The van der Waals surface area contributed by atoms with Gasteiger partial charge in [-0.1, -0.05) is 15.9 Å². The molecule has 1 N–H and O–H groups in total. The minimum Gasteiger partial charge on any atom is -0.496 e. The molecule has 0 spiro atoms. The SMILES string of the molecule is COc1ccc(Br)cc1CNS(=O)(=O)c1ccc(F)cc1Br. The van der Waals surface area contributed by atoms with Crippen LogP contribution >= 0.6 is 31.9 Å².